The highest BCUT2D eigenvalue weighted by Crippen LogP contribution is 2.20. The third-order valence-corrected chi connectivity index (χ3v) is 4.39. The van der Waals surface area contributed by atoms with Gasteiger partial charge in [-0.1, -0.05) is 6.07 Å². The Morgan fingerprint density at radius 2 is 1.91 bits per heavy atom. The summed E-state index contributed by atoms with van der Waals surface area (Å²) in [6.07, 6.45) is 1.69. The van der Waals surface area contributed by atoms with Crippen LogP contribution in [0.4, 0.5) is 10.9 Å². The number of amides is 2. The van der Waals surface area contributed by atoms with E-state index < -0.39 is 0 Å². The smallest absolute Gasteiger partial charge is 0.273 e. The molecule has 2 aromatic heterocycles. The van der Waals surface area contributed by atoms with Crippen molar-refractivity contribution in [1.82, 2.24) is 19.8 Å². The molecule has 120 valence electrons. The number of carbonyl (C=O) groups is 2. The van der Waals surface area contributed by atoms with Crippen LogP contribution in [0.15, 0.2) is 29.8 Å². The van der Waals surface area contributed by atoms with Gasteiger partial charge in [-0.05, 0) is 12.1 Å². The summed E-state index contributed by atoms with van der Waals surface area (Å²) in [6.45, 7) is 3.78. The second-order valence-electron chi connectivity index (χ2n) is 5.18. The Hall–Kier alpha value is -2.48. The average Bonchev–Trinajstić information content (AvgIpc) is 3.03. The lowest BCUT2D eigenvalue weighted by Gasteiger charge is -2.33. The van der Waals surface area contributed by atoms with Crippen molar-refractivity contribution in [3.8, 4) is 0 Å². The molecule has 3 heterocycles. The summed E-state index contributed by atoms with van der Waals surface area (Å²) in [5, 5.41) is 5.45. The molecule has 1 N–H and O–H groups in total. The van der Waals surface area contributed by atoms with Crippen LogP contribution in [-0.4, -0.2) is 57.8 Å². The van der Waals surface area contributed by atoms with E-state index in [1.807, 2.05) is 18.2 Å². The number of carbonyl (C=O) groups excluding carboxylic acids is 2. The van der Waals surface area contributed by atoms with Crippen molar-refractivity contribution in [2.24, 2.45) is 0 Å². The maximum absolute atomic E-state index is 12.5. The maximum atomic E-state index is 12.5. The fourth-order valence-electron chi connectivity index (χ4n) is 2.36. The highest BCUT2D eigenvalue weighted by molar-refractivity contribution is 7.14. The standard InChI is InChI=1S/C15H17N5O2S/c1-11(21)19-6-8-20(9-7-19)14(22)12-10-23-15(17-12)18-13-4-2-3-5-16-13/h2-5,10H,6-9H2,1H3,(H,16,17,18). The molecule has 0 radical (unpaired) electrons. The van der Waals surface area contributed by atoms with E-state index in [1.165, 1.54) is 11.3 Å². The Morgan fingerprint density at radius 3 is 2.57 bits per heavy atom. The average molecular weight is 331 g/mol. The van der Waals surface area contributed by atoms with Crippen LogP contribution in [0.3, 0.4) is 0 Å². The van der Waals surface area contributed by atoms with E-state index in [1.54, 1.807) is 28.3 Å². The second kappa shape index (κ2) is 6.74. The first-order chi connectivity index (χ1) is 11.1. The van der Waals surface area contributed by atoms with Crippen LogP contribution in [-0.2, 0) is 4.79 Å². The van der Waals surface area contributed by atoms with Crippen LogP contribution in [0.1, 0.15) is 17.4 Å². The van der Waals surface area contributed by atoms with Gasteiger partial charge in [0.1, 0.15) is 11.5 Å². The maximum Gasteiger partial charge on any atom is 0.273 e. The first kappa shape index (κ1) is 15.4. The largest absolute Gasteiger partial charge is 0.339 e. The number of aromatic nitrogens is 2. The number of hydrogen-bond donors (Lipinski definition) is 1. The minimum atomic E-state index is -0.0986. The van der Waals surface area contributed by atoms with Gasteiger partial charge in [0.2, 0.25) is 5.91 Å². The topological polar surface area (TPSA) is 78.4 Å². The van der Waals surface area contributed by atoms with Crippen molar-refractivity contribution in [1.29, 1.82) is 0 Å². The van der Waals surface area contributed by atoms with Crippen LogP contribution in [0.5, 0.6) is 0 Å². The van der Waals surface area contributed by atoms with E-state index in [9.17, 15) is 9.59 Å². The third kappa shape index (κ3) is 3.65. The van der Waals surface area contributed by atoms with Crippen LogP contribution < -0.4 is 5.32 Å². The van der Waals surface area contributed by atoms with Gasteiger partial charge in [-0.15, -0.1) is 11.3 Å². The number of hydrogen-bond acceptors (Lipinski definition) is 6. The fraction of sp³-hybridized carbons (Fsp3) is 0.333. The number of pyridine rings is 1. The molecule has 0 saturated carbocycles. The van der Waals surface area contributed by atoms with Gasteiger partial charge >= 0.3 is 0 Å². The molecule has 3 rings (SSSR count). The molecule has 7 nitrogen and oxygen atoms in total. The molecular weight excluding hydrogens is 314 g/mol. The Labute approximate surface area is 138 Å². The summed E-state index contributed by atoms with van der Waals surface area (Å²) in [4.78, 5) is 35.8. The number of rotatable bonds is 3. The number of anilines is 2. The van der Waals surface area contributed by atoms with Gasteiger partial charge in [0, 0.05) is 44.7 Å². The third-order valence-electron chi connectivity index (χ3n) is 3.64. The molecule has 0 aromatic carbocycles. The number of thiazole rings is 1. The van der Waals surface area contributed by atoms with E-state index in [4.69, 9.17) is 0 Å². The molecule has 2 aromatic rings. The van der Waals surface area contributed by atoms with Crippen LogP contribution in [0, 0.1) is 0 Å². The normalized spacial score (nSPS) is 14.7. The van der Waals surface area contributed by atoms with E-state index in [0.717, 1.165) is 0 Å². The van der Waals surface area contributed by atoms with Crippen molar-refractivity contribution < 1.29 is 9.59 Å². The van der Waals surface area contributed by atoms with Crippen molar-refractivity contribution in [3.05, 3.63) is 35.5 Å². The lowest BCUT2D eigenvalue weighted by molar-refractivity contribution is -0.130. The summed E-state index contributed by atoms with van der Waals surface area (Å²) in [5.74, 6) is 0.641. The van der Waals surface area contributed by atoms with E-state index >= 15 is 0 Å². The molecular formula is C15H17N5O2S. The van der Waals surface area contributed by atoms with Gasteiger partial charge in [0.05, 0.1) is 0 Å². The Balaban J connectivity index is 1.62. The van der Waals surface area contributed by atoms with E-state index in [2.05, 4.69) is 15.3 Å². The van der Waals surface area contributed by atoms with Crippen molar-refractivity contribution in [3.63, 3.8) is 0 Å². The van der Waals surface area contributed by atoms with Gasteiger partial charge < -0.3 is 15.1 Å². The van der Waals surface area contributed by atoms with Gasteiger partial charge in [-0.25, -0.2) is 9.97 Å². The number of nitrogens with one attached hydrogen (secondary N) is 1. The Bertz CT molecular complexity index is 695. The molecule has 1 aliphatic rings. The van der Waals surface area contributed by atoms with Gasteiger partial charge in [0.25, 0.3) is 5.91 Å². The van der Waals surface area contributed by atoms with Gasteiger partial charge in [-0.2, -0.15) is 0 Å². The molecule has 0 unspecified atom stereocenters. The molecule has 1 saturated heterocycles. The quantitative estimate of drug-likeness (QED) is 0.924. The van der Waals surface area contributed by atoms with Crippen molar-refractivity contribution in [2.45, 2.75) is 6.92 Å². The van der Waals surface area contributed by atoms with E-state index in [0.29, 0.717) is 42.8 Å². The number of piperazine rings is 1. The Morgan fingerprint density at radius 1 is 1.17 bits per heavy atom. The molecule has 1 fully saturated rings. The SMILES string of the molecule is CC(=O)N1CCN(C(=O)c2csc(Nc3ccccn3)n2)CC1. The Kier molecular flexibility index (Phi) is 4.52. The molecule has 1 aliphatic heterocycles. The summed E-state index contributed by atoms with van der Waals surface area (Å²) < 4.78 is 0. The molecule has 0 bridgehead atoms. The van der Waals surface area contributed by atoms with Crippen molar-refractivity contribution in [2.75, 3.05) is 31.5 Å². The molecule has 23 heavy (non-hydrogen) atoms. The first-order valence-corrected chi connectivity index (χ1v) is 8.20. The first-order valence-electron chi connectivity index (χ1n) is 7.32. The zero-order valence-corrected chi connectivity index (χ0v) is 13.5. The summed E-state index contributed by atoms with van der Waals surface area (Å²) in [6, 6.07) is 5.55. The molecule has 2 amide bonds. The monoisotopic (exact) mass is 331 g/mol. The zero-order valence-electron chi connectivity index (χ0n) is 12.7. The van der Waals surface area contributed by atoms with Crippen LogP contribution in [0.2, 0.25) is 0 Å². The predicted molar refractivity (Wildman–Crippen MR) is 87.8 cm³/mol. The minimum absolute atomic E-state index is 0.0487. The van der Waals surface area contributed by atoms with Gasteiger partial charge in [-0.3, -0.25) is 9.59 Å². The van der Waals surface area contributed by atoms with E-state index in [-0.39, 0.29) is 11.8 Å². The second-order valence-corrected chi connectivity index (χ2v) is 6.03. The number of nitrogens with zero attached hydrogens (tertiary/aromatic N) is 4. The lowest BCUT2D eigenvalue weighted by atomic mass is 10.3. The van der Waals surface area contributed by atoms with Crippen LogP contribution >= 0.6 is 11.3 Å². The zero-order chi connectivity index (χ0) is 16.2. The fourth-order valence-corrected chi connectivity index (χ4v) is 3.05. The summed E-state index contributed by atoms with van der Waals surface area (Å²) >= 11 is 1.37. The minimum Gasteiger partial charge on any atom is -0.339 e. The summed E-state index contributed by atoms with van der Waals surface area (Å²) in [7, 11) is 0. The molecule has 8 heteroatoms. The van der Waals surface area contributed by atoms with Crippen LogP contribution in [0.25, 0.3) is 0 Å². The van der Waals surface area contributed by atoms with Gasteiger partial charge in [0.15, 0.2) is 5.13 Å². The summed E-state index contributed by atoms with van der Waals surface area (Å²) in [5.41, 5.74) is 0.421. The van der Waals surface area contributed by atoms with Crippen molar-refractivity contribution >= 4 is 34.1 Å². The lowest BCUT2D eigenvalue weighted by Crippen LogP contribution is -2.50. The highest BCUT2D eigenvalue weighted by atomic mass is 32.1. The molecule has 0 spiro atoms. The molecule has 0 atom stereocenters. The molecule has 0 aliphatic carbocycles. The predicted octanol–water partition coefficient (Wildman–Crippen LogP) is 1.59. The highest BCUT2D eigenvalue weighted by Gasteiger charge is 2.24.